The molecule has 3 aromatic carbocycles. The number of hydrogen-bond acceptors (Lipinski definition) is 6. The lowest BCUT2D eigenvalue weighted by Crippen LogP contribution is -2.56. The molecule has 0 saturated carbocycles. The largest absolute Gasteiger partial charge is 0.370 e. The summed E-state index contributed by atoms with van der Waals surface area (Å²) >= 11 is 0. The van der Waals surface area contributed by atoms with Gasteiger partial charge in [0, 0.05) is 26.1 Å². The van der Waals surface area contributed by atoms with Crippen LogP contribution in [0.2, 0.25) is 0 Å². The van der Waals surface area contributed by atoms with Crippen LogP contribution >= 0.6 is 0 Å². The molecule has 0 aliphatic rings. The molecule has 3 amide bonds. The monoisotopic (exact) mass is 656 g/mol. The number of unbranched alkanes of at least 4 members (excludes halogenated alkanes) is 1. The predicted octanol–water partition coefficient (Wildman–Crippen LogP) is 1.08. The summed E-state index contributed by atoms with van der Waals surface area (Å²) in [5.41, 5.74) is 20.9. The van der Waals surface area contributed by atoms with Crippen molar-refractivity contribution in [2.45, 2.75) is 56.7 Å². The van der Waals surface area contributed by atoms with Crippen LogP contribution in [0.4, 0.5) is 0 Å². The number of amides is 3. The SMILES string of the molecule is N=C(N)NCCCCNC(=O)[C@H](Cc1ccccc1)NC(=O)[C@H](CCCNC(=N)N)NC(=O)[C@@H](N)Cc1ccc(-c2ccccc2)cc1. The number of hydrogen-bond donors (Lipinski definition) is 10. The van der Waals surface area contributed by atoms with Crippen molar-refractivity contribution in [1.29, 1.82) is 10.8 Å². The third kappa shape index (κ3) is 13.5. The van der Waals surface area contributed by atoms with Gasteiger partial charge in [-0.1, -0.05) is 84.9 Å². The van der Waals surface area contributed by atoms with E-state index < -0.39 is 29.9 Å². The third-order valence-corrected chi connectivity index (χ3v) is 7.61. The molecule has 0 spiro atoms. The van der Waals surface area contributed by atoms with Gasteiger partial charge in [0.2, 0.25) is 17.7 Å². The summed E-state index contributed by atoms with van der Waals surface area (Å²) in [6, 6.07) is 24.3. The first-order valence-corrected chi connectivity index (χ1v) is 16.1. The van der Waals surface area contributed by atoms with Gasteiger partial charge in [0.1, 0.15) is 12.1 Å². The number of rotatable bonds is 19. The minimum atomic E-state index is -0.985. The molecule has 0 heterocycles. The lowest BCUT2D eigenvalue weighted by molar-refractivity contribution is -0.132. The Morgan fingerprint density at radius 3 is 1.67 bits per heavy atom. The van der Waals surface area contributed by atoms with Gasteiger partial charge in [-0.15, -0.1) is 0 Å². The highest BCUT2D eigenvalue weighted by Gasteiger charge is 2.28. The van der Waals surface area contributed by atoms with Crippen molar-refractivity contribution in [3.63, 3.8) is 0 Å². The standard InChI is InChI=1S/C35H48N10O3/c36-28(22-25-15-17-27(18-16-25)26-12-5-2-6-13-26)31(46)44-29(14-9-21-43-35(39)40)33(48)45-30(23-24-10-3-1-4-11-24)32(47)41-19-7-8-20-42-34(37)38/h1-6,10-13,15-18,28-30H,7-9,14,19-23,36H2,(H,41,47)(H,44,46)(H,45,48)(H4,37,38,42)(H4,39,40,43)/t28-,29-,30-/m0/s1. The number of guanidine groups is 2. The molecule has 256 valence electrons. The maximum absolute atomic E-state index is 13.7. The van der Waals surface area contributed by atoms with Crippen LogP contribution in [0.15, 0.2) is 84.9 Å². The van der Waals surface area contributed by atoms with E-state index in [1.54, 1.807) is 0 Å². The van der Waals surface area contributed by atoms with Gasteiger partial charge in [-0.25, -0.2) is 0 Å². The van der Waals surface area contributed by atoms with Crippen molar-refractivity contribution >= 4 is 29.6 Å². The van der Waals surface area contributed by atoms with Gasteiger partial charge in [0.05, 0.1) is 6.04 Å². The summed E-state index contributed by atoms with van der Waals surface area (Å²) in [5, 5.41) is 28.6. The molecule has 13 N–H and O–H groups in total. The van der Waals surface area contributed by atoms with Crippen LogP contribution in [-0.2, 0) is 27.2 Å². The molecule has 3 atom stereocenters. The second-order valence-corrected chi connectivity index (χ2v) is 11.5. The third-order valence-electron chi connectivity index (χ3n) is 7.61. The van der Waals surface area contributed by atoms with E-state index in [1.165, 1.54) is 0 Å². The van der Waals surface area contributed by atoms with E-state index in [4.69, 9.17) is 28.0 Å². The van der Waals surface area contributed by atoms with Crippen molar-refractivity contribution in [3.8, 4) is 11.1 Å². The maximum Gasteiger partial charge on any atom is 0.243 e. The summed E-state index contributed by atoms with van der Waals surface area (Å²) in [7, 11) is 0. The average Bonchev–Trinajstić information content (AvgIpc) is 3.08. The van der Waals surface area contributed by atoms with E-state index >= 15 is 0 Å². The Hall–Kier alpha value is -5.43. The Kier molecular flexibility index (Phi) is 15.4. The molecular formula is C35H48N10O3. The highest BCUT2D eigenvalue weighted by molar-refractivity contribution is 5.93. The second-order valence-electron chi connectivity index (χ2n) is 11.5. The Morgan fingerprint density at radius 1 is 0.562 bits per heavy atom. The zero-order valence-corrected chi connectivity index (χ0v) is 27.1. The van der Waals surface area contributed by atoms with Crippen LogP contribution < -0.4 is 43.8 Å². The van der Waals surface area contributed by atoms with Crippen LogP contribution in [0.25, 0.3) is 11.1 Å². The Morgan fingerprint density at radius 2 is 1.06 bits per heavy atom. The molecule has 0 fully saturated rings. The van der Waals surface area contributed by atoms with Gasteiger partial charge in [0.15, 0.2) is 11.9 Å². The van der Waals surface area contributed by atoms with Crippen molar-refractivity contribution in [2.24, 2.45) is 17.2 Å². The molecular weight excluding hydrogens is 608 g/mol. The minimum Gasteiger partial charge on any atom is -0.370 e. The van der Waals surface area contributed by atoms with E-state index in [0.717, 1.165) is 22.3 Å². The van der Waals surface area contributed by atoms with Crippen LogP contribution in [-0.4, -0.2) is 67.4 Å². The molecule has 13 nitrogen and oxygen atoms in total. The van der Waals surface area contributed by atoms with Gasteiger partial charge >= 0.3 is 0 Å². The first-order chi connectivity index (χ1) is 23.1. The van der Waals surface area contributed by atoms with E-state index in [9.17, 15) is 14.4 Å². The summed E-state index contributed by atoms with van der Waals surface area (Å²) in [6.07, 6.45) is 2.48. The fourth-order valence-electron chi connectivity index (χ4n) is 5.03. The molecule has 3 aromatic rings. The van der Waals surface area contributed by atoms with Crippen LogP contribution in [0, 0.1) is 10.8 Å². The lowest BCUT2D eigenvalue weighted by Gasteiger charge is -2.24. The topological polar surface area (TPSA) is 237 Å². The maximum atomic E-state index is 13.7. The summed E-state index contributed by atoms with van der Waals surface area (Å²) in [4.78, 5) is 40.2. The van der Waals surface area contributed by atoms with Crippen molar-refractivity contribution in [3.05, 3.63) is 96.1 Å². The number of nitrogens with one attached hydrogen (secondary N) is 7. The lowest BCUT2D eigenvalue weighted by atomic mass is 10.00. The van der Waals surface area contributed by atoms with Crippen molar-refractivity contribution < 1.29 is 14.4 Å². The fraction of sp³-hybridized carbons (Fsp3) is 0.343. The van der Waals surface area contributed by atoms with E-state index in [-0.39, 0.29) is 37.1 Å². The molecule has 0 aliphatic carbocycles. The first-order valence-electron chi connectivity index (χ1n) is 16.1. The molecule has 0 aromatic heterocycles. The summed E-state index contributed by atoms with van der Waals surface area (Å²) < 4.78 is 0. The Balaban J connectivity index is 1.66. The quantitative estimate of drug-likeness (QED) is 0.0508. The van der Waals surface area contributed by atoms with Gasteiger partial charge < -0.3 is 43.8 Å². The highest BCUT2D eigenvalue weighted by atomic mass is 16.2. The Bertz CT molecular complexity index is 1470. The number of carbonyl (C=O) groups is 3. The highest BCUT2D eigenvalue weighted by Crippen LogP contribution is 2.19. The second kappa shape index (κ2) is 19.9. The van der Waals surface area contributed by atoms with Crippen LogP contribution in [0.3, 0.4) is 0 Å². The van der Waals surface area contributed by atoms with Gasteiger partial charge in [-0.3, -0.25) is 25.2 Å². The average molecular weight is 657 g/mol. The zero-order chi connectivity index (χ0) is 34.7. The number of carbonyl (C=O) groups excluding carboxylic acids is 3. The molecule has 13 heteroatoms. The van der Waals surface area contributed by atoms with Crippen molar-refractivity contribution in [1.82, 2.24) is 26.6 Å². The van der Waals surface area contributed by atoms with Crippen LogP contribution in [0.5, 0.6) is 0 Å². The molecule has 0 radical (unpaired) electrons. The summed E-state index contributed by atoms with van der Waals surface area (Å²) in [6.45, 7) is 1.20. The number of nitrogens with two attached hydrogens (primary N) is 3. The molecule has 3 rings (SSSR count). The fourth-order valence-corrected chi connectivity index (χ4v) is 5.03. The van der Waals surface area contributed by atoms with Crippen molar-refractivity contribution in [2.75, 3.05) is 19.6 Å². The van der Waals surface area contributed by atoms with Gasteiger partial charge in [-0.05, 0) is 54.4 Å². The molecule has 0 bridgehead atoms. The van der Waals surface area contributed by atoms with E-state index in [2.05, 4.69) is 26.6 Å². The zero-order valence-electron chi connectivity index (χ0n) is 27.1. The van der Waals surface area contributed by atoms with E-state index in [1.807, 2.05) is 84.9 Å². The molecule has 0 saturated heterocycles. The van der Waals surface area contributed by atoms with Gasteiger partial charge in [0.25, 0.3) is 0 Å². The predicted molar refractivity (Wildman–Crippen MR) is 189 cm³/mol. The Labute approximate surface area is 281 Å². The minimum absolute atomic E-state index is 0.109. The van der Waals surface area contributed by atoms with Crippen LogP contribution in [0.1, 0.15) is 36.8 Å². The smallest absolute Gasteiger partial charge is 0.243 e. The summed E-state index contributed by atoms with van der Waals surface area (Å²) in [5.74, 6) is -1.68. The molecule has 48 heavy (non-hydrogen) atoms. The molecule has 0 aliphatic heterocycles. The van der Waals surface area contributed by atoms with E-state index in [0.29, 0.717) is 38.9 Å². The number of benzene rings is 3. The van der Waals surface area contributed by atoms with Gasteiger partial charge in [-0.2, -0.15) is 0 Å². The first kappa shape index (κ1) is 37.0. The molecule has 0 unspecified atom stereocenters. The normalized spacial score (nSPS) is 12.5.